The van der Waals surface area contributed by atoms with E-state index in [2.05, 4.69) is 16.4 Å². The molecule has 3 heteroatoms. The van der Waals surface area contributed by atoms with Gasteiger partial charge in [-0.25, -0.2) is 4.98 Å². The highest BCUT2D eigenvalue weighted by molar-refractivity contribution is 5.64. The van der Waals surface area contributed by atoms with Crippen LogP contribution < -0.4 is 5.32 Å². The summed E-state index contributed by atoms with van der Waals surface area (Å²) in [7, 11) is 0. The Hall–Kier alpha value is -2.34. The van der Waals surface area contributed by atoms with Crippen LogP contribution in [0.4, 0.5) is 11.5 Å². The second kappa shape index (κ2) is 4.45. The van der Waals surface area contributed by atoms with Crippen molar-refractivity contribution in [3.8, 4) is 6.07 Å². The first-order valence-electron chi connectivity index (χ1n) is 4.98. The van der Waals surface area contributed by atoms with Crippen LogP contribution in [-0.2, 0) is 0 Å². The van der Waals surface area contributed by atoms with E-state index in [4.69, 9.17) is 5.26 Å². The van der Waals surface area contributed by atoms with Crippen molar-refractivity contribution in [2.45, 2.75) is 6.92 Å². The number of hydrogen-bond donors (Lipinski definition) is 1. The fraction of sp³-hybridized carbons (Fsp3) is 0.0769. The summed E-state index contributed by atoms with van der Waals surface area (Å²) in [6, 6.07) is 13.5. The van der Waals surface area contributed by atoms with Crippen LogP contribution in [0.3, 0.4) is 0 Å². The smallest absolute Gasteiger partial charge is 0.130 e. The molecule has 0 amide bonds. The molecule has 0 unspecified atom stereocenters. The summed E-state index contributed by atoms with van der Waals surface area (Å²) in [5.74, 6) is 0.739. The van der Waals surface area contributed by atoms with Gasteiger partial charge in [-0.15, -0.1) is 0 Å². The number of rotatable bonds is 2. The maximum absolute atomic E-state index is 9.01. The third-order valence-electron chi connectivity index (χ3n) is 2.22. The zero-order valence-electron chi connectivity index (χ0n) is 8.94. The standard InChI is InChI=1S/C13H11N3/c1-10-5-6-12(11(8-10)9-14)16-13-4-2-3-7-15-13/h2-8H,1H3,(H,15,16). The van der Waals surface area contributed by atoms with Crippen LogP contribution in [0.5, 0.6) is 0 Å². The van der Waals surface area contributed by atoms with E-state index >= 15 is 0 Å². The van der Waals surface area contributed by atoms with Gasteiger partial charge in [-0.3, -0.25) is 0 Å². The predicted octanol–water partition coefficient (Wildman–Crippen LogP) is 3.01. The van der Waals surface area contributed by atoms with E-state index < -0.39 is 0 Å². The molecule has 3 nitrogen and oxygen atoms in total. The molecule has 1 aromatic carbocycles. The molecule has 0 aliphatic carbocycles. The molecule has 0 aliphatic heterocycles. The van der Waals surface area contributed by atoms with Gasteiger partial charge in [0.15, 0.2) is 0 Å². The first-order chi connectivity index (χ1) is 7.79. The van der Waals surface area contributed by atoms with Crippen molar-refractivity contribution >= 4 is 11.5 Å². The Labute approximate surface area is 94.4 Å². The molecule has 2 aromatic rings. The lowest BCUT2D eigenvalue weighted by Gasteiger charge is -2.07. The van der Waals surface area contributed by atoms with E-state index in [1.165, 1.54) is 0 Å². The molecule has 78 valence electrons. The maximum Gasteiger partial charge on any atom is 0.130 e. The molecule has 0 atom stereocenters. The van der Waals surface area contributed by atoms with Crippen molar-refractivity contribution in [1.29, 1.82) is 5.26 Å². The number of nitriles is 1. The first kappa shape index (κ1) is 10.2. The Morgan fingerprint density at radius 1 is 1.25 bits per heavy atom. The van der Waals surface area contributed by atoms with Gasteiger partial charge in [-0.05, 0) is 36.8 Å². The Morgan fingerprint density at radius 3 is 2.81 bits per heavy atom. The molecule has 0 bridgehead atoms. The van der Waals surface area contributed by atoms with Gasteiger partial charge in [-0.1, -0.05) is 12.1 Å². The highest BCUT2D eigenvalue weighted by Gasteiger charge is 2.02. The van der Waals surface area contributed by atoms with Gasteiger partial charge in [0.05, 0.1) is 11.3 Å². The topological polar surface area (TPSA) is 48.7 Å². The lowest BCUT2D eigenvalue weighted by atomic mass is 10.1. The van der Waals surface area contributed by atoms with Crippen LogP contribution in [-0.4, -0.2) is 4.98 Å². The number of anilines is 2. The molecule has 0 spiro atoms. The van der Waals surface area contributed by atoms with E-state index in [0.717, 1.165) is 17.1 Å². The number of pyridine rings is 1. The Balaban J connectivity index is 2.32. The van der Waals surface area contributed by atoms with Crippen LogP contribution in [0.1, 0.15) is 11.1 Å². The fourth-order valence-corrected chi connectivity index (χ4v) is 1.43. The highest BCUT2D eigenvalue weighted by atomic mass is 15.0. The van der Waals surface area contributed by atoms with Crippen LogP contribution >= 0.6 is 0 Å². The van der Waals surface area contributed by atoms with E-state index in [1.807, 2.05) is 43.3 Å². The summed E-state index contributed by atoms with van der Waals surface area (Å²) >= 11 is 0. The molecular weight excluding hydrogens is 198 g/mol. The third-order valence-corrected chi connectivity index (χ3v) is 2.22. The summed E-state index contributed by atoms with van der Waals surface area (Å²) in [6.45, 7) is 1.96. The number of nitrogens with one attached hydrogen (secondary N) is 1. The van der Waals surface area contributed by atoms with Gasteiger partial charge in [0.1, 0.15) is 11.9 Å². The molecule has 1 heterocycles. The lowest BCUT2D eigenvalue weighted by Crippen LogP contribution is -1.95. The van der Waals surface area contributed by atoms with E-state index in [-0.39, 0.29) is 0 Å². The van der Waals surface area contributed by atoms with E-state index in [1.54, 1.807) is 6.20 Å². The summed E-state index contributed by atoms with van der Waals surface area (Å²) < 4.78 is 0. The van der Waals surface area contributed by atoms with Gasteiger partial charge in [-0.2, -0.15) is 5.26 Å². The summed E-state index contributed by atoms with van der Waals surface area (Å²) in [4.78, 5) is 4.15. The second-order valence-corrected chi connectivity index (χ2v) is 3.50. The molecule has 0 aliphatic rings. The number of aryl methyl sites for hydroxylation is 1. The van der Waals surface area contributed by atoms with Gasteiger partial charge in [0.25, 0.3) is 0 Å². The first-order valence-corrected chi connectivity index (χ1v) is 4.98. The predicted molar refractivity (Wildman–Crippen MR) is 63.4 cm³/mol. The maximum atomic E-state index is 9.01. The molecular formula is C13H11N3. The van der Waals surface area contributed by atoms with Gasteiger partial charge >= 0.3 is 0 Å². The number of aromatic nitrogens is 1. The summed E-state index contributed by atoms with van der Waals surface area (Å²) in [5, 5.41) is 12.1. The zero-order valence-corrected chi connectivity index (χ0v) is 8.94. The monoisotopic (exact) mass is 209 g/mol. The SMILES string of the molecule is Cc1ccc(Nc2ccccn2)c(C#N)c1. The second-order valence-electron chi connectivity index (χ2n) is 3.50. The highest BCUT2D eigenvalue weighted by Crippen LogP contribution is 2.19. The molecule has 0 radical (unpaired) electrons. The minimum absolute atomic E-state index is 0.630. The molecule has 0 saturated heterocycles. The Kier molecular flexibility index (Phi) is 2.84. The molecule has 1 aromatic heterocycles. The van der Waals surface area contributed by atoms with Gasteiger partial charge < -0.3 is 5.32 Å². The van der Waals surface area contributed by atoms with Crippen molar-refractivity contribution in [2.75, 3.05) is 5.32 Å². The van der Waals surface area contributed by atoms with Crippen molar-refractivity contribution in [1.82, 2.24) is 4.98 Å². The van der Waals surface area contributed by atoms with Crippen LogP contribution in [0.2, 0.25) is 0 Å². The van der Waals surface area contributed by atoms with Crippen molar-refractivity contribution < 1.29 is 0 Å². The van der Waals surface area contributed by atoms with Crippen LogP contribution in [0, 0.1) is 18.3 Å². The largest absolute Gasteiger partial charge is 0.339 e. The number of nitrogens with zero attached hydrogens (tertiary/aromatic N) is 2. The zero-order chi connectivity index (χ0) is 11.4. The summed E-state index contributed by atoms with van der Waals surface area (Å²) in [6.07, 6.45) is 1.71. The van der Waals surface area contributed by atoms with Crippen molar-refractivity contribution in [2.24, 2.45) is 0 Å². The molecule has 16 heavy (non-hydrogen) atoms. The molecule has 2 rings (SSSR count). The Morgan fingerprint density at radius 2 is 2.12 bits per heavy atom. The summed E-state index contributed by atoms with van der Waals surface area (Å²) in [5.41, 5.74) is 2.49. The third kappa shape index (κ3) is 2.18. The van der Waals surface area contributed by atoms with Crippen molar-refractivity contribution in [3.05, 3.63) is 53.7 Å². The van der Waals surface area contributed by atoms with Crippen LogP contribution in [0.15, 0.2) is 42.6 Å². The average molecular weight is 209 g/mol. The minimum atomic E-state index is 0.630. The molecule has 0 saturated carbocycles. The number of benzene rings is 1. The van der Waals surface area contributed by atoms with Gasteiger partial charge in [0.2, 0.25) is 0 Å². The lowest BCUT2D eigenvalue weighted by molar-refractivity contribution is 1.30. The molecule has 1 N–H and O–H groups in total. The Bertz CT molecular complexity index is 527. The molecule has 0 fully saturated rings. The van der Waals surface area contributed by atoms with E-state index in [9.17, 15) is 0 Å². The quantitative estimate of drug-likeness (QED) is 0.827. The normalized spacial score (nSPS) is 9.50. The average Bonchev–Trinajstić information content (AvgIpc) is 2.33. The number of hydrogen-bond acceptors (Lipinski definition) is 3. The van der Waals surface area contributed by atoms with Crippen molar-refractivity contribution in [3.63, 3.8) is 0 Å². The van der Waals surface area contributed by atoms with E-state index in [0.29, 0.717) is 5.56 Å². The minimum Gasteiger partial charge on any atom is -0.339 e. The van der Waals surface area contributed by atoms with Gasteiger partial charge in [0, 0.05) is 6.20 Å². The van der Waals surface area contributed by atoms with Crippen LogP contribution in [0.25, 0.3) is 0 Å². The fourth-order valence-electron chi connectivity index (χ4n) is 1.43.